The van der Waals surface area contributed by atoms with Gasteiger partial charge in [0.15, 0.2) is 11.5 Å². The first-order valence-electron chi connectivity index (χ1n) is 7.46. The number of benzene rings is 1. The highest BCUT2D eigenvalue weighted by atomic mass is 16.7. The summed E-state index contributed by atoms with van der Waals surface area (Å²) < 4.78 is 10.7. The van der Waals surface area contributed by atoms with Gasteiger partial charge in [0.05, 0.1) is 0 Å². The first kappa shape index (κ1) is 14.4. The Labute approximate surface area is 129 Å². The van der Waals surface area contributed by atoms with E-state index in [0.717, 1.165) is 41.4 Å². The van der Waals surface area contributed by atoms with E-state index in [4.69, 9.17) is 9.47 Å². The van der Waals surface area contributed by atoms with Gasteiger partial charge in [0.1, 0.15) is 5.82 Å². The average molecular weight is 300 g/mol. The molecule has 0 spiro atoms. The van der Waals surface area contributed by atoms with Crippen molar-refractivity contribution in [3.8, 4) is 11.5 Å². The molecule has 22 heavy (non-hydrogen) atoms. The van der Waals surface area contributed by atoms with Crippen LogP contribution in [0.5, 0.6) is 11.5 Å². The molecule has 0 saturated carbocycles. The van der Waals surface area contributed by atoms with E-state index in [-0.39, 0.29) is 0 Å². The van der Waals surface area contributed by atoms with Crippen molar-refractivity contribution in [1.82, 2.24) is 9.97 Å². The quantitative estimate of drug-likeness (QED) is 0.855. The Morgan fingerprint density at radius 3 is 2.91 bits per heavy atom. The fourth-order valence-electron chi connectivity index (χ4n) is 2.18. The van der Waals surface area contributed by atoms with Crippen molar-refractivity contribution in [2.45, 2.75) is 26.8 Å². The van der Waals surface area contributed by atoms with Crippen LogP contribution in [0.2, 0.25) is 0 Å². The zero-order valence-corrected chi connectivity index (χ0v) is 12.8. The summed E-state index contributed by atoms with van der Waals surface area (Å²) in [5.41, 5.74) is 2.14. The number of ether oxygens (including phenoxy) is 2. The Hall–Kier alpha value is -2.50. The van der Waals surface area contributed by atoms with Crippen molar-refractivity contribution in [3.05, 3.63) is 35.5 Å². The van der Waals surface area contributed by atoms with Gasteiger partial charge in [-0.05, 0) is 31.0 Å². The number of aromatic nitrogens is 2. The van der Waals surface area contributed by atoms with Gasteiger partial charge in [-0.3, -0.25) is 0 Å². The lowest BCUT2D eigenvalue weighted by atomic mass is 10.2. The van der Waals surface area contributed by atoms with Gasteiger partial charge in [-0.15, -0.1) is 0 Å². The summed E-state index contributed by atoms with van der Waals surface area (Å²) in [5, 5.41) is 6.55. The molecule has 2 N–H and O–H groups in total. The topological polar surface area (TPSA) is 68.3 Å². The third kappa shape index (κ3) is 3.21. The van der Waals surface area contributed by atoms with E-state index in [1.54, 1.807) is 0 Å². The molecule has 0 bridgehead atoms. The van der Waals surface area contributed by atoms with Crippen molar-refractivity contribution >= 4 is 11.8 Å². The van der Waals surface area contributed by atoms with Crippen molar-refractivity contribution in [2.24, 2.45) is 0 Å². The Morgan fingerprint density at radius 1 is 1.18 bits per heavy atom. The molecule has 1 aliphatic heterocycles. The highest BCUT2D eigenvalue weighted by molar-refractivity contribution is 5.48. The zero-order valence-electron chi connectivity index (χ0n) is 12.8. The highest BCUT2D eigenvalue weighted by Crippen LogP contribution is 2.32. The monoisotopic (exact) mass is 300 g/mol. The number of aryl methyl sites for hydroxylation is 1. The van der Waals surface area contributed by atoms with Gasteiger partial charge < -0.3 is 20.1 Å². The second-order valence-electron chi connectivity index (χ2n) is 5.19. The Balaban J connectivity index is 1.66. The second-order valence-corrected chi connectivity index (χ2v) is 5.19. The largest absolute Gasteiger partial charge is 0.454 e. The molecular formula is C16H20N4O2. The van der Waals surface area contributed by atoms with E-state index < -0.39 is 0 Å². The summed E-state index contributed by atoms with van der Waals surface area (Å²) >= 11 is 0. The number of rotatable bonds is 6. The summed E-state index contributed by atoms with van der Waals surface area (Å²) in [6.45, 7) is 5.95. The number of nitrogens with zero attached hydrogens (tertiary/aromatic N) is 2. The van der Waals surface area contributed by atoms with Crippen LogP contribution in [0.25, 0.3) is 0 Å². The van der Waals surface area contributed by atoms with E-state index in [1.807, 2.05) is 31.3 Å². The molecule has 1 aliphatic rings. The smallest absolute Gasteiger partial charge is 0.231 e. The van der Waals surface area contributed by atoms with Crippen LogP contribution in [-0.4, -0.2) is 23.3 Å². The molecule has 0 saturated heterocycles. The predicted octanol–water partition coefficient (Wildman–Crippen LogP) is 2.95. The van der Waals surface area contributed by atoms with E-state index in [9.17, 15) is 0 Å². The van der Waals surface area contributed by atoms with Gasteiger partial charge in [0.25, 0.3) is 0 Å². The number of nitrogens with one attached hydrogen (secondary N) is 2. The number of anilines is 2. The number of hydrogen-bond donors (Lipinski definition) is 2. The standard InChI is InChI=1S/C16H20N4O2/c1-3-6-17-15-11(2)8-18-16(20-15)19-9-12-4-5-13-14(7-12)22-10-21-13/h4-5,7-8H,3,6,9-10H2,1-2H3,(H2,17,18,19,20). The molecule has 0 fully saturated rings. The lowest BCUT2D eigenvalue weighted by molar-refractivity contribution is 0.174. The van der Waals surface area contributed by atoms with Gasteiger partial charge in [-0.25, -0.2) is 4.98 Å². The van der Waals surface area contributed by atoms with E-state index in [0.29, 0.717) is 19.3 Å². The summed E-state index contributed by atoms with van der Waals surface area (Å²) in [7, 11) is 0. The highest BCUT2D eigenvalue weighted by Gasteiger charge is 2.13. The number of hydrogen-bond acceptors (Lipinski definition) is 6. The van der Waals surface area contributed by atoms with E-state index in [1.165, 1.54) is 0 Å². The van der Waals surface area contributed by atoms with Gasteiger partial charge in [-0.1, -0.05) is 13.0 Å². The van der Waals surface area contributed by atoms with Crippen molar-refractivity contribution < 1.29 is 9.47 Å². The van der Waals surface area contributed by atoms with Crippen LogP contribution in [-0.2, 0) is 6.54 Å². The normalized spacial score (nSPS) is 12.3. The molecule has 0 aliphatic carbocycles. The molecule has 1 aromatic carbocycles. The lowest BCUT2D eigenvalue weighted by Gasteiger charge is -2.10. The Kier molecular flexibility index (Phi) is 4.27. The van der Waals surface area contributed by atoms with Gasteiger partial charge in [0.2, 0.25) is 12.7 Å². The summed E-state index contributed by atoms with van der Waals surface area (Å²) in [4.78, 5) is 8.82. The molecule has 0 amide bonds. The minimum absolute atomic E-state index is 0.291. The fraction of sp³-hybridized carbons (Fsp3) is 0.375. The van der Waals surface area contributed by atoms with E-state index in [2.05, 4.69) is 27.5 Å². The summed E-state index contributed by atoms with van der Waals surface area (Å²) in [6, 6.07) is 5.90. The van der Waals surface area contributed by atoms with Crippen molar-refractivity contribution in [2.75, 3.05) is 24.0 Å². The molecule has 116 valence electrons. The summed E-state index contributed by atoms with van der Waals surface area (Å²) in [6.07, 6.45) is 2.89. The van der Waals surface area contributed by atoms with Crippen LogP contribution in [0.4, 0.5) is 11.8 Å². The third-order valence-corrected chi connectivity index (χ3v) is 3.40. The SMILES string of the molecule is CCCNc1nc(NCc2ccc3c(c2)OCO3)ncc1C. The molecule has 0 atom stereocenters. The molecule has 3 rings (SSSR count). The summed E-state index contributed by atoms with van der Waals surface area (Å²) in [5.74, 6) is 3.07. The first-order chi connectivity index (χ1) is 10.8. The molecule has 6 nitrogen and oxygen atoms in total. The van der Waals surface area contributed by atoms with Crippen LogP contribution in [0.1, 0.15) is 24.5 Å². The van der Waals surface area contributed by atoms with Crippen LogP contribution in [0, 0.1) is 6.92 Å². The van der Waals surface area contributed by atoms with Crippen LogP contribution >= 0.6 is 0 Å². The van der Waals surface area contributed by atoms with Crippen LogP contribution in [0.15, 0.2) is 24.4 Å². The maximum absolute atomic E-state index is 5.38. The Morgan fingerprint density at radius 2 is 2.05 bits per heavy atom. The fourth-order valence-corrected chi connectivity index (χ4v) is 2.18. The third-order valence-electron chi connectivity index (χ3n) is 3.40. The lowest BCUT2D eigenvalue weighted by Crippen LogP contribution is -2.08. The molecule has 1 aromatic heterocycles. The van der Waals surface area contributed by atoms with Gasteiger partial charge in [0, 0.05) is 24.8 Å². The molecule has 2 aromatic rings. The van der Waals surface area contributed by atoms with Crippen molar-refractivity contribution in [3.63, 3.8) is 0 Å². The molecule has 0 unspecified atom stereocenters. The molecule has 2 heterocycles. The van der Waals surface area contributed by atoms with Crippen LogP contribution < -0.4 is 20.1 Å². The van der Waals surface area contributed by atoms with Gasteiger partial charge in [-0.2, -0.15) is 4.98 Å². The second kappa shape index (κ2) is 6.51. The number of fused-ring (bicyclic) bond motifs is 1. The Bertz CT molecular complexity index is 661. The van der Waals surface area contributed by atoms with E-state index >= 15 is 0 Å². The average Bonchev–Trinajstić information content (AvgIpc) is 3.00. The molecule has 6 heteroatoms. The maximum Gasteiger partial charge on any atom is 0.231 e. The predicted molar refractivity (Wildman–Crippen MR) is 85.4 cm³/mol. The molecule has 0 radical (unpaired) electrons. The zero-order chi connectivity index (χ0) is 15.4. The first-order valence-corrected chi connectivity index (χ1v) is 7.46. The molecular weight excluding hydrogens is 280 g/mol. The minimum atomic E-state index is 0.291. The minimum Gasteiger partial charge on any atom is -0.454 e. The van der Waals surface area contributed by atoms with Crippen LogP contribution in [0.3, 0.4) is 0 Å². The van der Waals surface area contributed by atoms with Crippen molar-refractivity contribution in [1.29, 1.82) is 0 Å². The van der Waals surface area contributed by atoms with Gasteiger partial charge >= 0.3 is 0 Å². The maximum atomic E-state index is 5.38.